The van der Waals surface area contributed by atoms with E-state index in [1.165, 1.54) is 18.4 Å². The van der Waals surface area contributed by atoms with Crippen LogP contribution in [0.5, 0.6) is 5.75 Å². The van der Waals surface area contributed by atoms with E-state index in [1.54, 1.807) is 0 Å². The number of rotatable bonds is 5. The van der Waals surface area contributed by atoms with Gasteiger partial charge in [0.2, 0.25) is 0 Å². The van der Waals surface area contributed by atoms with Crippen molar-refractivity contribution < 1.29 is 4.74 Å². The van der Waals surface area contributed by atoms with Gasteiger partial charge in [0.1, 0.15) is 5.75 Å². The van der Waals surface area contributed by atoms with Crippen molar-refractivity contribution in [3.63, 3.8) is 0 Å². The molecule has 1 aromatic rings. The van der Waals surface area contributed by atoms with E-state index < -0.39 is 0 Å². The van der Waals surface area contributed by atoms with Crippen LogP contribution in [0.15, 0.2) is 24.3 Å². The first-order valence-electron chi connectivity index (χ1n) is 7.92. The van der Waals surface area contributed by atoms with Crippen LogP contribution in [0.4, 0.5) is 0 Å². The lowest BCUT2D eigenvalue weighted by Crippen LogP contribution is -2.38. The summed E-state index contributed by atoms with van der Waals surface area (Å²) in [5, 5.41) is 3.60. The van der Waals surface area contributed by atoms with Gasteiger partial charge in [-0.05, 0) is 70.0 Å². The van der Waals surface area contributed by atoms with Crippen molar-refractivity contribution >= 4 is 0 Å². The average molecular weight is 275 g/mol. The lowest BCUT2D eigenvalue weighted by molar-refractivity contribution is 0.256. The number of benzene rings is 1. The van der Waals surface area contributed by atoms with Crippen LogP contribution in [0, 0.1) is 5.92 Å². The minimum Gasteiger partial charge on any atom is -0.493 e. The summed E-state index contributed by atoms with van der Waals surface area (Å²) >= 11 is 0. The molecule has 1 aromatic carbocycles. The molecule has 2 nitrogen and oxygen atoms in total. The van der Waals surface area contributed by atoms with Crippen LogP contribution in [0.1, 0.15) is 58.4 Å². The molecule has 2 heteroatoms. The van der Waals surface area contributed by atoms with Gasteiger partial charge in [0.15, 0.2) is 0 Å². The number of para-hydroxylation sites is 1. The monoisotopic (exact) mass is 275 g/mol. The summed E-state index contributed by atoms with van der Waals surface area (Å²) in [6.07, 6.45) is 3.71. The molecule has 112 valence electrons. The van der Waals surface area contributed by atoms with Gasteiger partial charge in [0.25, 0.3) is 0 Å². The summed E-state index contributed by atoms with van der Waals surface area (Å²) in [6.45, 7) is 11.0. The lowest BCUT2D eigenvalue weighted by atomic mass is 9.87. The Kier molecular flexibility index (Phi) is 5.09. The lowest BCUT2D eigenvalue weighted by Gasteiger charge is -2.28. The van der Waals surface area contributed by atoms with Gasteiger partial charge >= 0.3 is 0 Å². The summed E-state index contributed by atoms with van der Waals surface area (Å²) in [4.78, 5) is 0. The molecule has 0 fully saturated rings. The van der Waals surface area contributed by atoms with Crippen molar-refractivity contribution in [3.8, 4) is 5.75 Å². The van der Waals surface area contributed by atoms with Crippen LogP contribution < -0.4 is 10.1 Å². The van der Waals surface area contributed by atoms with Crippen molar-refractivity contribution in [2.45, 2.75) is 58.4 Å². The molecule has 1 N–H and O–H groups in total. The summed E-state index contributed by atoms with van der Waals surface area (Å²) < 4.78 is 5.74. The molecule has 1 aliphatic heterocycles. The minimum atomic E-state index is 0.222. The molecular weight excluding hydrogens is 246 g/mol. The van der Waals surface area contributed by atoms with E-state index in [2.05, 4.69) is 57.3 Å². The second-order valence-corrected chi connectivity index (χ2v) is 7.19. The van der Waals surface area contributed by atoms with Crippen LogP contribution in [-0.2, 0) is 0 Å². The third-order valence-electron chi connectivity index (χ3n) is 4.07. The fourth-order valence-electron chi connectivity index (χ4n) is 2.78. The molecular formula is C18H29NO. The van der Waals surface area contributed by atoms with Gasteiger partial charge in [-0.25, -0.2) is 0 Å². The van der Waals surface area contributed by atoms with Crippen molar-refractivity contribution in [2.24, 2.45) is 5.92 Å². The number of hydrogen-bond donors (Lipinski definition) is 1. The van der Waals surface area contributed by atoms with Crippen LogP contribution in [0.3, 0.4) is 0 Å². The normalized spacial score (nSPS) is 20.1. The zero-order chi connectivity index (χ0) is 14.6. The van der Waals surface area contributed by atoms with E-state index in [0.717, 1.165) is 31.2 Å². The Morgan fingerprint density at radius 3 is 2.80 bits per heavy atom. The topological polar surface area (TPSA) is 21.3 Å². The highest BCUT2D eigenvalue weighted by Gasteiger charge is 2.21. The van der Waals surface area contributed by atoms with Crippen molar-refractivity contribution in [1.29, 1.82) is 0 Å². The predicted octanol–water partition coefficient (Wildman–Crippen LogP) is 4.36. The number of hydrogen-bond acceptors (Lipinski definition) is 2. The fraction of sp³-hybridized carbons (Fsp3) is 0.667. The maximum atomic E-state index is 5.74. The fourth-order valence-corrected chi connectivity index (χ4v) is 2.78. The van der Waals surface area contributed by atoms with Gasteiger partial charge in [-0.2, -0.15) is 0 Å². The van der Waals surface area contributed by atoms with Gasteiger partial charge in [-0.1, -0.05) is 25.1 Å². The minimum absolute atomic E-state index is 0.222. The van der Waals surface area contributed by atoms with E-state index in [1.807, 2.05) is 0 Å². The van der Waals surface area contributed by atoms with E-state index in [4.69, 9.17) is 4.74 Å². The SMILES string of the molecule is CC(CCC1CCOc2ccccc21)CNC(C)(C)C. The van der Waals surface area contributed by atoms with E-state index >= 15 is 0 Å². The standard InChI is InChI=1S/C18H29NO/c1-14(13-19-18(2,3)4)9-10-15-11-12-20-17-8-6-5-7-16(15)17/h5-8,14-15,19H,9-13H2,1-4H3. The molecule has 20 heavy (non-hydrogen) atoms. The smallest absolute Gasteiger partial charge is 0.122 e. The summed E-state index contributed by atoms with van der Waals surface area (Å²) in [7, 11) is 0. The first-order valence-corrected chi connectivity index (χ1v) is 7.92. The average Bonchev–Trinajstić information content (AvgIpc) is 2.42. The molecule has 1 aliphatic rings. The van der Waals surface area contributed by atoms with E-state index in [0.29, 0.717) is 5.92 Å². The Balaban J connectivity index is 1.83. The number of ether oxygens (including phenoxy) is 1. The number of nitrogens with one attached hydrogen (secondary N) is 1. The van der Waals surface area contributed by atoms with Crippen molar-refractivity contribution in [2.75, 3.05) is 13.2 Å². The van der Waals surface area contributed by atoms with Gasteiger partial charge in [-0.15, -0.1) is 0 Å². The van der Waals surface area contributed by atoms with Gasteiger partial charge in [0, 0.05) is 5.54 Å². The van der Waals surface area contributed by atoms with Crippen molar-refractivity contribution in [3.05, 3.63) is 29.8 Å². The molecule has 0 spiro atoms. The molecule has 1 heterocycles. The summed E-state index contributed by atoms with van der Waals surface area (Å²) in [5.41, 5.74) is 1.63. The molecule has 0 saturated heterocycles. The molecule has 0 aromatic heterocycles. The van der Waals surface area contributed by atoms with Gasteiger partial charge in [-0.3, -0.25) is 0 Å². The predicted molar refractivity (Wildman–Crippen MR) is 85.4 cm³/mol. The van der Waals surface area contributed by atoms with Crippen LogP contribution >= 0.6 is 0 Å². The molecule has 0 radical (unpaired) electrons. The second kappa shape index (κ2) is 6.62. The largest absolute Gasteiger partial charge is 0.493 e. The Morgan fingerprint density at radius 1 is 1.30 bits per heavy atom. The Morgan fingerprint density at radius 2 is 2.05 bits per heavy atom. The Labute approximate surface area is 123 Å². The number of fused-ring (bicyclic) bond motifs is 1. The first kappa shape index (κ1) is 15.4. The van der Waals surface area contributed by atoms with Gasteiger partial charge in [0.05, 0.1) is 6.61 Å². The molecule has 0 amide bonds. The highest BCUT2D eigenvalue weighted by molar-refractivity contribution is 5.37. The summed E-state index contributed by atoms with van der Waals surface area (Å²) in [5.74, 6) is 2.51. The highest BCUT2D eigenvalue weighted by atomic mass is 16.5. The maximum absolute atomic E-state index is 5.74. The third-order valence-corrected chi connectivity index (χ3v) is 4.07. The first-order chi connectivity index (χ1) is 9.46. The molecule has 0 saturated carbocycles. The zero-order valence-corrected chi connectivity index (χ0v) is 13.4. The van der Waals surface area contributed by atoms with Gasteiger partial charge < -0.3 is 10.1 Å². The third kappa shape index (κ3) is 4.52. The van der Waals surface area contributed by atoms with E-state index in [9.17, 15) is 0 Å². The second-order valence-electron chi connectivity index (χ2n) is 7.19. The van der Waals surface area contributed by atoms with Crippen LogP contribution in [0.2, 0.25) is 0 Å². The van der Waals surface area contributed by atoms with Crippen molar-refractivity contribution in [1.82, 2.24) is 5.32 Å². The molecule has 2 unspecified atom stereocenters. The Hall–Kier alpha value is -1.02. The molecule has 0 aliphatic carbocycles. The zero-order valence-electron chi connectivity index (χ0n) is 13.4. The maximum Gasteiger partial charge on any atom is 0.122 e. The quantitative estimate of drug-likeness (QED) is 0.862. The van der Waals surface area contributed by atoms with Crippen LogP contribution in [-0.4, -0.2) is 18.7 Å². The van der Waals surface area contributed by atoms with Crippen LogP contribution in [0.25, 0.3) is 0 Å². The molecule has 2 rings (SSSR count). The molecule has 0 bridgehead atoms. The Bertz CT molecular complexity index is 422. The highest BCUT2D eigenvalue weighted by Crippen LogP contribution is 2.36. The summed E-state index contributed by atoms with van der Waals surface area (Å²) in [6, 6.07) is 8.53. The molecule has 2 atom stereocenters. The van der Waals surface area contributed by atoms with E-state index in [-0.39, 0.29) is 5.54 Å².